The average Bonchev–Trinajstić information content (AvgIpc) is 3.20. The monoisotopic (exact) mass is 327 g/mol. The standard InChI is InChI=1S/C17H17N3O4/c1-12-6-3-4-7-13(12)10-19(2)15(21)11-20-17(22)24-16(18-20)14-8-5-9-23-14/h3-9H,10-11H2,1-2H3. The first-order valence-corrected chi connectivity index (χ1v) is 7.45. The summed E-state index contributed by atoms with van der Waals surface area (Å²) in [5.74, 6) is -0.537. The predicted molar refractivity (Wildman–Crippen MR) is 86.1 cm³/mol. The van der Waals surface area contributed by atoms with E-state index in [-0.39, 0.29) is 18.3 Å². The molecule has 0 N–H and O–H groups in total. The number of aromatic nitrogens is 2. The first kappa shape index (κ1) is 15.8. The minimum Gasteiger partial charge on any atom is -0.459 e. The van der Waals surface area contributed by atoms with Crippen LogP contribution < -0.4 is 5.76 Å². The Balaban J connectivity index is 1.71. The number of hydrogen-bond acceptors (Lipinski definition) is 5. The molecule has 0 atom stereocenters. The van der Waals surface area contributed by atoms with Crippen molar-refractivity contribution in [1.82, 2.24) is 14.7 Å². The van der Waals surface area contributed by atoms with Gasteiger partial charge >= 0.3 is 5.76 Å². The molecule has 0 unspecified atom stereocenters. The third kappa shape index (κ3) is 3.29. The summed E-state index contributed by atoms with van der Waals surface area (Å²) in [7, 11) is 1.69. The van der Waals surface area contributed by atoms with Crippen molar-refractivity contribution in [2.24, 2.45) is 0 Å². The van der Waals surface area contributed by atoms with Crippen LogP contribution in [0.3, 0.4) is 0 Å². The molecule has 0 aliphatic rings. The van der Waals surface area contributed by atoms with Crippen molar-refractivity contribution in [1.29, 1.82) is 0 Å². The second-order valence-corrected chi connectivity index (χ2v) is 5.48. The second-order valence-electron chi connectivity index (χ2n) is 5.48. The molecule has 0 saturated heterocycles. The van der Waals surface area contributed by atoms with Gasteiger partial charge in [-0.1, -0.05) is 24.3 Å². The summed E-state index contributed by atoms with van der Waals surface area (Å²) in [6.07, 6.45) is 1.45. The van der Waals surface area contributed by atoms with Crippen molar-refractivity contribution in [2.45, 2.75) is 20.0 Å². The fourth-order valence-electron chi connectivity index (χ4n) is 2.29. The molecule has 0 spiro atoms. The largest absolute Gasteiger partial charge is 0.459 e. The molecule has 0 saturated carbocycles. The number of hydrogen-bond donors (Lipinski definition) is 0. The normalized spacial score (nSPS) is 10.8. The van der Waals surface area contributed by atoms with E-state index >= 15 is 0 Å². The summed E-state index contributed by atoms with van der Waals surface area (Å²) in [4.78, 5) is 25.7. The van der Waals surface area contributed by atoms with Gasteiger partial charge in [-0.25, -0.2) is 4.79 Å². The summed E-state index contributed by atoms with van der Waals surface area (Å²) in [6.45, 7) is 2.26. The van der Waals surface area contributed by atoms with E-state index in [1.807, 2.05) is 31.2 Å². The molecule has 3 aromatic rings. The molecule has 124 valence electrons. The lowest BCUT2D eigenvalue weighted by Gasteiger charge is -2.18. The van der Waals surface area contributed by atoms with Gasteiger partial charge in [0.15, 0.2) is 5.76 Å². The number of carbonyl (C=O) groups excluding carboxylic acids is 1. The Morgan fingerprint density at radius 3 is 2.75 bits per heavy atom. The van der Waals surface area contributed by atoms with Gasteiger partial charge in [0.25, 0.3) is 5.89 Å². The van der Waals surface area contributed by atoms with Crippen LogP contribution in [0.15, 0.2) is 56.3 Å². The Labute approximate surface area is 138 Å². The van der Waals surface area contributed by atoms with Gasteiger partial charge in [0, 0.05) is 13.6 Å². The molecule has 3 rings (SSSR count). The minimum atomic E-state index is -0.695. The Kier molecular flexibility index (Phi) is 4.33. The van der Waals surface area contributed by atoms with Gasteiger partial charge in [0.05, 0.1) is 6.26 Å². The second kappa shape index (κ2) is 6.57. The molecular formula is C17H17N3O4. The van der Waals surface area contributed by atoms with Crippen LogP contribution in [0.5, 0.6) is 0 Å². The molecule has 0 radical (unpaired) electrons. The number of furan rings is 1. The Morgan fingerprint density at radius 2 is 2.04 bits per heavy atom. The SMILES string of the molecule is Cc1ccccc1CN(C)C(=O)Cn1nc(-c2ccco2)oc1=O. The lowest BCUT2D eigenvalue weighted by molar-refractivity contribution is -0.131. The maximum absolute atomic E-state index is 12.3. The topological polar surface area (TPSA) is 81.5 Å². The molecule has 1 amide bonds. The van der Waals surface area contributed by atoms with Crippen LogP contribution in [0.4, 0.5) is 0 Å². The Morgan fingerprint density at radius 1 is 1.25 bits per heavy atom. The fraction of sp³-hybridized carbons (Fsp3) is 0.235. The van der Waals surface area contributed by atoms with Crippen molar-refractivity contribution < 1.29 is 13.6 Å². The zero-order valence-electron chi connectivity index (χ0n) is 13.4. The maximum atomic E-state index is 12.3. The van der Waals surface area contributed by atoms with Crippen LogP contribution in [0.2, 0.25) is 0 Å². The van der Waals surface area contributed by atoms with Crippen LogP contribution in [-0.2, 0) is 17.9 Å². The number of rotatable bonds is 5. The summed E-state index contributed by atoms with van der Waals surface area (Å²) in [5, 5.41) is 4.00. The van der Waals surface area contributed by atoms with E-state index < -0.39 is 5.76 Å². The summed E-state index contributed by atoms with van der Waals surface area (Å²) < 4.78 is 11.1. The third-order valence-corrected chi connectivity index (χ3v) is 3.72. The van der Waals surface area contributed by atoms with Crippen molar-refractivity contribution in [2.75, 3.05) is 7.05 Å². The molecule has 7 heteroatoms. The van der Waals surface area contributed by atoms with Crippen molar-refractivity contribution in [3.05, 3.63) is 64.3 Å². The van der Waals surface area contributed by atoms with Crippen LogP contribution in [-0.4, -0.2) is 27.6 Å². The number of aryl methyl sites for hydroxylation is 1. The van der Waals surface area contributed by atoms with Crippen molar-refractivity contribution in [3.63, 3.8) is 0 Å². The van der Waals surface area contributed by atoms with Crippen molar-refractivity contribution >= 4 is 5.91 Å². The zero-order valence-corrected chi connectivity index (χ0v) is 13.4. The molecule has 0 bridgehead atoms. The molecule has 24 heavy (non-hydrogen) atoms. The van der Waals surface area contributed by atoms with Gasteiger partial charge in [0.1, 0.15) is 6.54 Å². The van der Waals surface area contributed by atoms with Crippen LogP contribution in [0.25, 0.3) is 11.7 Å². The zero-order chi connectivity index (χ0) is 17.1. The van der Waals surface area contributed by atoms with Gasteiger partial charge in [-0.15, -0.1) is 5.10 Å². The van der Waals surface area contributed by atoms with Gasteiger partial charge < -0.3 is 13.7 Å². The predicted octanol–water partition coefficient (Wildman–Crippen LogP) is 2.06. The quantitative estimate of drug-likeness (QED) is 0.716. The smallest absolute Gasteiger partial charge is 0.437 e. The van der Waals surface area contributed by atoms with Gasteiger partial charge in [-0.05, 0) is 30.2 Å². The summed E-state index contributed by atoms with van der Waals surface area (Å²) in [5.41, 5.74) is 2.16. The van der Waals surface area contributed by atoms with Gasteiger partial charge in [-0.3, -0.25) is 4.79 Å². The lowest BCUT2D eigenvalue weighted by Crippen LogP contribution is -2.33. The van der Waals surface area contributed by atoms with Crippen LogP contribution >= 0.6 is 0 Å². The molecule has 2 aromatic heterocycles. The lowest BCUT2D eigenvalue weighted by atomic mass is 10.1. The molecule has 0 aliphatic carbocycles. The molecule has 7 nitrogen and oxygen atoms in total. The summed E-state index contributed by atoms with van der Waals surface area (Å²) in [6, 6.07) is 11.1. The van der Waals surface area contributed by atoms with E-state index in [9.17, 15) is 9.59 Å². The highest BCUT2D eigenvalue weighted by Crippen LogP contribution is 2.15. The molecule has 2 heterocycles. The molecule has 1 aromatic carbocycles. The van der Waals surface area contributed by atoms with Gasteiger partial charge in [0.2, 0.25) is 5.91 Å². The van der Waals surface area contributed by atoms with Crippen LogP contribution in [0, 0.1) is 6.92 Å². The summed E-state index contributed by atoms with van der Waals surface area (Å²) >= 11 is 0. The first-order chi connectivity index (χ1) is 11.5. The van der Waals surface area contributed by atoms with E-state index in [2.05, 4.69) is 5.10 Å². The number of benzene rings is 1. The highest BCUT2D eigenvalue weighted by molar-refractivity contribution is 5.75. The van der Waals surface area contributed by atoms with E-state index in [4.69, 9.17) is 8.83 Å². The number of amides is 1. The number of nitrogens with zero attached hydrogens (tertiary/aromatic N) is 3. The molecular weight excluding hydrogens is 310 g/mol. The fourth-order valence-corrected chi connectivity index (χ4v) is 2.29. The molecule has 0 aliphatic heterocycles. The number of carbonyl (C=O) groups is 1. The first-order valence-electron chi connectivity index (χ1n) is 7.45. The number of likely N-dealkylation sites (N-methyl/N-ethyl adjacent to an activating group) is 1. The Bertz CT molecular complexity index is 893. The van der Waals surface area contributed by atoms with E-state index in [0.29, 0.717) is 12.3 Å². The minimum absolute atomic E-state index is 0.0550. The average molecular weight is 327 g/mol. The highest BCUT2D eigenvalue weighted by atomic mass is 16.4. The highest BCUT2D eigenvalue weighted by Gasteiger charge is 2.17. The maximum Gasteiger partial charge on any atom is 0.437 e. The van der Waals surface area contributed by atoms with Gasteiger partial charge in [-0.2, -0.15) is 4.68 Å². The van der Waals surface area contributed by atoms with Crippen LogP contribution in [0.1, 0.15) is 11.1 Å². The third-order valence-electron chi connectivity index (χ3n) is 3.72. The van der Waals surface area contributed by atoms with E-state index in [1.165, 1.54) is 6.26 Å². The van der Waals surface area contributed by atoms with E-state index in [1.54, 1.807) is 24.1 Å². The van der Waals surface area contributed by atoms with E-state index in [0.717, 1.165) is 15.8 Å². The Hall–Kier alpha value is -3.09. The molecule has 0 fully saturated rings. The van der Waals surface area contributed by atoms with Crippen molar-refractivity contribution in [3.8, 4) is 11.7 Å².